The van der Waals surface area contributed by atoms with E-state index in [4.69, 9.17) is 5.11 Å². The molecule has 1 atom stereocenters. The molecule has 0 saturated heterocycles. The monoisotopic (exact) mass is 288 g/mol. The first-order chi connectivity index (χ1) is 9.17. The lowest BCUT2D eigenvalue weighted by molar-refractivity contribution is -0.192. The molecule has 0 saturated carbocycles. The van der Waals surface area contributed by atoms with Crippen LogP contribution in [0.4, 0.5) is 19.0 Å². The van der Waals surface area contributed by atoms with Crippen LogP contribution in [0.1, 0.15) is 6.92 Å². The lowest BCUT2D eigenvalue weighted by Crippen LogP contribution is -2.55. The second-order valence-electron chi connectivity index (χ2n) is 4.44. The van der Waals surface area contributed by atoms with Crippen LogP contribution >= 0.6 is 0 Å². The SMILES string of the molecule is Cn1cnc2c(NC(C)(C(=O)O)C(F)(F)F)nccc21. The van der Waals surface area contributed by atoms with Gasteiger partial charge in [0.05, 0.1) is 11.8 Å². The summed E-state index contributed by atoms with van der Waals surface area (Å²) in [6.07, 6.45) is -2.30. The average Bonchev–Trinajstić information content (AvgIpc) is 2.71. The maximum Gasteiger partial charge on any atom is 0.422 e. The predicted molar refractivity (Wildman–Crippen MR) is 64.2 cm³/mol. The minimum absolute atomic E-state index is 0.173. The van der Waals surface area contributed by atoms with Crippen LogP contribution in [0.25, 0.3) is 11.0 Å². The van der Waals surface area contributed by atoms with Gasteiger partial charge < -0.3 is 15.0 Å². The van der Waals surface area contributed by atoms with Gasteiger partial charge in [-0.05, 0) is 13.0 Å². The van der Waals surface area contributed by atoms with Crippen molar-refractivity contribution < 1.29 is 23.1 Å². The number of rotatable bonds is 3. The number of aromatic nitrogens is 3. The number of hydrogen-bond donors (Lipinski definition) is 2. The molecule has 9 heteroatoms. The number of alkyl halides is 3. The van der Waals surface area contributed by atoms with Crippen molar-refractivity contribution in [3.63, 3.8) is 0 Å². The molecular weight excluding hydrogens is 277 g/mol. The highest BCUT2D eigenvalue weighted by Crippen LogP contribution is 2.34. The van der Waals surface area contributed by atoms with Crippen LogP contribution in [0.15, 0.2) is 18.6 Å². The van der Waals surface area contributed by atoms with Gasteiger partial charge in [0, 0.05) is 13.2 Å². The summed E-state index contributed by atoms with van der Waals surface area (Å²) >= 11 is 0. The van der Waals surface area contributed by atoms with E-state index in [0.717, 1.165) is 0 Å². The Morgan fingerprint density at radius 3 is 2.60 bits per heavy atom. The Bertz CT molecular complexity index is 667. The van der Waals surface area contributed by atoms with Crippen LogP contribution in [0.2, 0.25) is 0 Å². The first-order valence-electron chi connectivity index (χ1n) is 5.51. The number of carbonyl (C=O) groups is 1. The van der Waals surface area contributed by atoms with E-state index < -0.39 is 17.7 Å². The maximum atomic E-state index is 12.9. The van der Waals surface area contributed by atoms with Gasteiger partial charge >= 0.3 is 12.1 Å². The molecule has 20 heavy (non-hydrogen) atoms. The number of aliphatic carboxylic acids is 1. The highest BCUT2D eigenvalue weighted by Gasteiger charge is 2.58. The van der Waals surface area contributed by atoms with E-state index in [1.165, 1.54) is 12.5 Å². The van der Waals surface area contributed by atoms with Crippen molar-refractivity contribution in [1.29, 1.82) is 0 Å². The number of nitrogens with one attached hydrogen (secondary N) is 1. The second kappa shape index (κ2) is 4.36. The largest absolute Gasteiger partial charge is 0.479 e. The quantitative estimate of drug-likeness (QED) is 0.900. The molecule has 0 amide bonds. The average molecular weight is 288 g/mol. The van der Waals surface area contributed by atoms with Gasteiger partial charge in [-0.25, -0.2) is 14.8 Å². The Kier molecular flexibility index (Phi) is 3.07. The van der Waals surface area contributed by atoms with E-state index in [2.05, 4.69) is 9.97 Å². The van der Waals surface area contributed by atoms with E-state index >= 15 is 0 Å². The molecule has 0 aliphatic rings. The summed E-state index contributed by atoms with van der Waals surface area (Å²) < 4.78 is 40.4. The maximum absolute atomic E-state index is 12.9. The molecule has 0 aliphatic carbocycles. The molecule has 0 aromatic carbocycles. The molecule has 6 nitrogen and oxygen atoms in total. The van der Waals surface area contributed by atoms with Crippen LogP contribution in [0, 0.1) is 0 Å². The molecule has 0 radical (unpaired) electrons. The van der Waals surface area contributed by atoms with Crippen molar-refractivity contribution in [3.8, 4) is 0 Å². The van der Waals surface area contributed by atoms with Gasteiger partial charge in [-0.15, -0.1) is 0 Å². The van der Waals surface area contributed by atoms with Gasteiger partial charge in [0.15, 0.2) is 5.82 Å². The van der Waals surface area contributed by atoms with E-state index in [9.17, 15) is 18.0 Å². The van der Waals surface area contributed by atoms with Crippen LogP contribution < -0.4 is 5.32 Å². The number of carboxylic acid groups (broad SMARTS) is 1. The number of hydrogen-bond acceptors (Lipinski definition) is 4. The molecule has 2 N–H and O–H groups in total. The van der Waals surface area contributed by atoms with Crippen molar-refractivity contribution in [2.24, 2.45) is 7.05 Å². The first-order valence-corrected chi connectivity index (χ1v) is 5.51. The number of aryl methyl sites for hydroxylation is 1. The fourth-order valence-corrected chi connectivity index (χ4v) is 1.64. The topological polar surface area (TPSA) is 80.0 Å². The number of imidazole rings is 1. The van der Waals surface area contributed by atoms with Gasteiger partial charge in [-0.2, -0.15) is 13.2 Å². The number of anilines is 1. The highest BCUT2D eigenvalue weighted by atomic mass is 19.4. The Morgan fingerprint density at radius 1 is 1.40 bits per heavy atom. The summed E-state index contributed by atoms with van der Waals surface area (Å²) in [4.78, 5) is 18.6. The van der Waals surface area contributed by atoms with E-state index in [1.807, 2.05) is 5.32 Å². The van der Waals surface area contributed by atoms with Crippen molar-refractivity contribution in [1.82, 2.24) is 14.5 Å². The minimum Gasteiger partial charge on any atom is -0.479 e. The van der Waals surface area contributed by atoms with Gasteiger partial charge in [-0.1, -0.05) is 0 Å². The summed E-state index contributed by atoms with van der Waals surface area (Å²) in [5, 5.41) is 10.8. The standard InChI is InChI=1S/C11H11F3N4O2/c1-10(9(19)20,11(12,13)14)17-8-7-6(3-4-15-8)18(2)5-16-7/h3-5H,1-2H3,(H,15,17)(H,19,20). The fraction of sp³-hybridized carbons (Fsp3) is 0.364. The lowest BCUT2D eigenvalue weighted by Gasteiger charge is -2.29. The zero-order valence-corrected chi connectivity index (χ0v) is 10.6. The van der Waals surface area contributed by atoms with Crippen LogP contribution in [-0.4, -0.2) is 37.3 Å². The molecule has 0 spiro atoms. The van der Waals surface area contributed by atoms with E-state index in [1.54, 1.807) is 17.7 Å². The Balaban J connectivity index is 2.53. The molecule has 2 rings (SSSR count). The molecule has 2 heterocycles. The van der Waals surface area contributed by atoms with Gasteiger partial charge in [0.2, 0.25) is 5.54 Å². The third kappa shape index (κ3) is 2.04. The molecular formula is C11H11F3N4O2. The number of halogens is 3. The third-order valence-corrected chi connectivity index (χ3v) is 3.01. The summed E-state index contributed by atoms with van der Waals surface area (Å²) in [5.41, 5.74) is -2.43. The fourth-order valence-electron chi connectivity index (χ4n) is 1.64. The van der Waals surface area contributed by atoms with Gasteiger partial charge in [0.1, 0.15) is 5.52 Å². The molecule has 2 aromatic heterocycles. The number of fused-ring (bicyclic) bond motifs is 1. The van der Waals surface area contributed by atoms with Gasteiger partial charge in [0.25, 0.3) is 0 Å². The zero-order valence-electron chi connectivity index (χ0n) is 10.6. The molecule has 2 aromatic rings. The van der Waals surface area contributed by atoms with Crippen molar-refractivity contribution >= 4 is 22.8 Å². The smallest absolute Gasteiger partial charge is 0.422 e. The predicted octanol–water partition coefficient (Wildman–Crippen LogP) is 1.79. The zero-order chi connectivity index (χ0) is 15.1. The van der Waals surface area contributed by atoms with Crippen LogP contribution in [-0.2, 0) is 11.8 Å². The molecule has 0 aliphatic heterocycles. The summed E-state index contributed by atoms with van der Waals surface area (Å²) in [7, 11) is 1.67. The first kappa shape index (κ1) is 14.1. The highest BCUT2D eigenvalue weighted by molar-refractivity contribution is 5.90. The summed E-state index contributed by atoms with van der Waals surface area (Å²) in [5.74, 6) is -2.27. The van der Waals surface area contributed by atoms with Crippen LogP contribution in [0.5, 0.6) is 0 Å². The summed E-state index contributed by atoms with van der Waals surface area (Å²) in [6.45, 7) is 0.540. The number of pyridine rings is 1. The van der Waals surface area contributed by atoms with E-state index in [-0.39, 0.29) is 11.3 Å². The van der Waals surface area contributed by atoms with Crippen molar-refractivity contribution in [2.75, 3.05) is 5.32 Å². The van der Waals surface area contributed by atoms with E-state index in [0.29, 0.717) is 12.4 Å². The minimum atomic E-state index is -4.99. The Labute approximate surface area is 111 Å². The number of carboxylic acids is 1. The lowest BCUT2D eigenvalue weighted by atomic mass is 10.0. The Hall–Kier alpha value is -2.32. The van der Waals surface area contributed by atoms with Gasteiger partial charge in [-0.3, -0.25) is 0 Å². The van der Waals surface area contributed by atoms with Crippen molar-refractivity contribution in [3.05, 3.63) is 18.6 Å². The molecule has 1 unspecified atom stereocenters. The number of nitrogens with zero attached hydrogens (tertiary/aromatic N) is 3. The van der Waals surface area contributed by atoms with Crippen molar-refractivity contribution in [2.45, 2.75) is 18.6 Å². The summed E-state index contributed by atoms with van der Waals surface area (Å²) in [6, 6.07) is 1.57. The Morgan fingerprint density at radius 2 is 2.05 bits per heavy atom. The third-order valence-electron chi connectivity index (χ3n) is 3.01. The van der Waals surface area contributed by atoms with Crippen LogP contribution in [0.3, 0.4) is 0 Å². The molecule has 108 valence electrons. The molecule has 0 fully saturated rings. The normalized spacial score (nSPS) is 15.1. The molecule has 0 bridgehead atoms. The second-order valence-corrected chi connectivity index (χ2v) is 4.44.